The predicted molar refractivity (Wildman–Crippen MR) is 64.9 cm³/mol. The maximum atomic E-state index is 10.9. The van der Waals surface area contributed by atoms with Gasteiger partial charge in [-0.25, -0.2) is 4.79 Å². The lowest BCUT2D eigenvalue weighted by atomic mass is 10.2. The van der Waals surface area contributed by atoms with Crippen molar-refractivity contribution in [3.8, 4) is 5.75 Å². The van der Waals surface area contributed by atoms with Crippen LogP contribution in [0.25, 0.3) is 11.0 Å². The Labute approximate surface area is 94.0 Å². The van der Waals surface area contributed by atoms with Gasteiger partial charge in [-0.1, -0.05) is 6.08 Å². The summed E-state index contributed by atoms with van der Waals surface area (Å²) in [6.45, 7) is 5.25. The lowest BCUT2D eigenvalue weighted by molar-refractivity contribution is 0.414. The molecular weight excluding hydrogens is 204 g/mol. The van der Waals surface area contributed by atoms with Gasteiger partial charge in [0.2, 0.25) is 0 Å². The van der Waals surface area contributed by atoms with E-state index in [1.54, 1.807) is 25.3 Å². The van der Waals surface area contributed by atoms with Crippen LogP contribution in [0.2, 0.25) is 0 Å². The molecule has 0 spiro atoms. The smallest absolute Gasteiger partial charge is 0.336 e. The zero-order valence-electron chi connectivity index (χ0n) is 9.40. The van der Waals surface area contributed by atoms with Crippen molar-refractivity contribution in [2.24, 2.45) is 0 Å². The minimum absolute atomic E-state index is 0.347. The van der Waals surface area contributed by atoms with Gasteiger partial charge >= 0.3 is 5.63 Å². The molecule has 0 aliphatic rings. The molecule has 0 saturated heterocycles. The lowest BCUT2D eigenvalue weighted by Gasteiger charge is -1.99. The van der Waals surface area contributed by atoms with Crippen molar-refractivity contribution in [3.05, 3.63) is 53.4 Å². The molecule has 0 bridgehead atoms. The van der Waals surface area contributed by atoms with Gasteiger partial charge in [0.15, 0.2) is 0 Å². The van der Waals surface area contributed by atoms with Crippen molar-refractivity contribution >= 4 is 11.0 Å². The molecule has 0 saturated carbocycles. The molecule has 0 aliphatic carbocycles. The van der Waals surface area contributed by atoms with Crippen LogP contribution in [0.4, 0.5) is 0 Å². The number of hydrogen-bond donors (Lipinski definition) is 0. The Morgan fingerprint density at radius 2 is 1.94 bits per heavy atom. The molecule has 0 unspecified atom stereocenters. The third-order valence-electron chi connectivity index (χ3n) is 1.83. The monoisotopic (exact) mass is 218 g/mol. The van der Waals surface area contributed by atoms with Crippen LogP contribution in [-0.2, 0) is 0 Å². The van der Waals surface area contributed by atoms with Crippen LogP contribution >= 0.6 is 0 Å². The topological polar surface area (TPSA) is 39.4 Å². The number of allylic oxidation sites excluding steroid dienone is 1. The Balaban J connectivity index is 0.000000386. The Morgan fingerprint density at radius 1 is 1.31 bits per heavy atom. The van der Waals surface area contributed by atoms with Crippen molar-refractivity contribution < 1.29 is 9.15 Å². The van der Waals surface area contributed by atoms with E-state index in [0.29, 0.717) is 11.3 Å². The Kier molecular flexibility index (Phi) is 4.33. The zero-order chi connectivity index (χ0) is 12.0. The average molecular weight is 218 g/mol. The largest absolute Gasteiger partial charge is 0.497 e. The first-order valence-electron chi connectivity index (χ1n) is 4.86. The number of hydrogen-bond acceptors (Lipinski definition) is 3. The van der Waals surface area contributed by atoms with Crippen LogP contribution in [0, 0.1) is 0 Å². The summed E-state index contributed by atoms with van der Waals surface area (Å²) in [5.74, 6) is 0.682. The van der Waals surface area contributed by atoms with Gasteiger partial charge in [-0.15, -0.1) is 6.58 Å². The summed E-state index contributed by atoms with van der Waals surface area (Å²) in [5.41, 5.74) is 0.201. The molecule has 16 heavy (non-hydrogen) atoms. The summed E-state index contributed by atoms with van der Waals surface area (Å²) in [7, 11) is 1.57. The molecule has 1 aromatic carbocycles. The molecule has 0 radical (unpaired) electrons. The van der Waals surface area contributed by atoms with E-state index in [-0.39, 0.29) is 5.63 Å². The minimum Gasteiger partial charge on any atom is -0.497 e. The Morgan fingerprint density at radius 3 is 2.56 bits per heavy atom. The first kappa shape index (κ1) is 12.0. The number of benzene rings is 1. The molecule has 2 aromatic rings. The van der Waals surface area contributed by atoms with Crippen LogP contribution < -0.4 is 10.4 Å². The highest BCUT2D eigenvalue weighted by Gasteiger charge is 1.98. The van der Waals surface area contributed by atoms with Crippen molar-refractivity contribution in [2.45, 2.75) is 6.92 Å². The highest BCUT2D eigenvalue weighted by Crippen LogP contribution is 2.18. The maximum Gasteiger partial charge on any atom is 0.336 e. The van der Waals surface area contributed by atoms with Gasteiger partial charge in [-0.3, -0.25) is 0 Å². The van der Waals surface area contributed by atoms with Gasteiger partial charge < -0.3 is 9.15 Å². The van der Waals surface area contributed by atoms with Crippen molar-refractivity contribution in [1.29, 1.82) is 0 Å². The third-order valence-corrected chi connectivity index (χ3v) is 1.83. The lowest BCUT2D eigenvalue weighted by Crippen LogP contribution is -1.94. The molecule has 0 N–H and O–H groups in total. The second-order valence-corrected chi connectivity index (χ2v) is 3.07. The molecule has 84 valence electrons. The summed E-state index contributed by atoms with van der Waals surface area (Å²) in [6, 6.07) is 8.48. The van der Waals surface area contributed by atoms with Crippen LogP contribution in [0.3, 0.4) is 0 Å². The molecule has 0 amide bonds. The van der Waals surface area contributed by atoms with Gasteiger partial charge in [0.25, 0.3) is 0 Å². The summed E-state index contributed by atoms with van der Waals surface area (Å²) >= 11 is 0. The van der Waals surface area contributed by atoms with E-state index in [1.165, 1.54) is 6.07 Å². The molecule has 1 aromatic heterocycles. The minimum atomic E-state index is -0.347. The highest BCUT2D eigenvalue weighted by atomic mass is 16.5. The molecule has 0 atom stereocenters. The first-order valence-corrected chi connectivity index (χ1v) is 4.86. The molecule has 3 nitrogen and oxygen atoms in total. The molecular formula is C13H14O3. The normalized spacial score (nSPS) is 9.12. The molecule has 0 aliphatic heterocycles. The van der Waals surface area contributed by atoms with Gasteiger partial charge in [-0.05, 0) is 25.1 Å². The summed E-state index contributed by atoms with van der Waals surface area (Å²) in [6.07, 6.45) is 1.75. The number of fused-ring (bicyclic) bond motifs is 1. The van der Waals surface area contributed by atoms with Gasteiger partial charge in [0, 0.05) is 17.5 Å². The van der Waals surface area contributed by atoms with Crippen LogP contribution in [-0.4, -0.2) is 7.11 Å². The number of rotatable bonds is 1. The van der Waals surface area contributed by atoms with E-state index < -0.39 is 0 Å². The number of methoxy groups -OCH3 is 1. The van der Waals surface area contributed by atoms with Crippen LogP contribution in [0.15, 0.2) is 52.2 Å². The number of ether oxygens (including phenoxy) is 1. The van der Waals surface area contributed by atoms with E-state index in [4.69, 9.17) is 9.15 Å². The van der Waals surface area contributed by atoms with E-state index in [9.17, 15) is 4.79 Å². The van der Waals surface area contributed by atoms with Crippen LogP contribution in [0.1, 0.15) is 6.92 Å². The van der Waals surface area contributed by atoms with Crippen molar-refractivity contribution in [2.75, 3.05) is 7.11 Å². The molecule has 0 fully saturated rings. The van der Waals surface area contributed by atoms with Crippen molar-refractivity contribution in [3.63, 3.8) is 0 Å². The van der Waals surface area contributed by atoms with Crippen LogP contribution in [0.5, 0.6) is 5.75 Å². The average Bonchev–Trinajstić information content (AvgIpc) is 2.29. The van der Waals surface area contributed by atoms with Gasteiger partial charge in [0.1, 0.15) is 11.3 Å². The first-order chi connectivity index (χ1) is 7.71. The summed E-state index contributed by atoms with van der Waals surface area (Å²) < 4.78 is 9.97. The predicted octanol–water partition coefficient (Wildman–Crippen LogP) is 2.99. The highest BCUT2D eigenvalue weighted by molar-refractivity contribution is 5.77. The fourth-order valence-corrected chi connectivity index (χ4v) is 1.17. The van der Waals surface area contributed by atoms with E-state index in [1.807, 2.05) is 19.1 Å². The second-order valence-electron chi connectivity index (χ2n) is 3.07. The summed E-state index contributed by atoms with van der Waals surface area (Å²) in [5, 5.41) is 0.889. The fourth-order valence-electron chi connectivity index (χ4n) is 1.17. The Hall–Kier alpha value is -2.03. The third kappa shape index (κ3) is 2.98. The van der Waals surface area contributed by atoms with E-state index >= 15 is 0 Å². The Bertz CT molecular complexity index is 526. The maximum absolute atomic E-state index is 10.9. The van der Waals surface area contributed by atoms with E-state index in [0.717, 1.165) is 5.39 Å². The fraction of sp³-hybridized carbons (Fsp3) is 0.154. The van der Waals surface area contributed by atoms with E-state index in [2.05, 4.69) is 6.58 Å². The second kappa shape index (κ2) is 5.75. The molecule has 2 rings (SSSR count). The zero-order valence-corrected chi connectivity index (χ0v) is 9.40. The SMILES string of the molecule is C=CC.COc1ccc2ccc(=O)oc2c1. The summed E-state index contributed by atoms with van der Waals surface area (Å²) in [4.78, 5) is 10.9. The molecule has 3 heteroatoms. The van der Waals surface area contributed by atoms with Crippen molar-refractivity contribution in [1.82, 2.24) is 0 Å². The standard InChI is InChI=1S/C10H8O3.C3H6/c1-12-8-4-2-7-3-5-10(11)13-9(7)6-8;1-3-2/h2-6H,1H3;3H,1H2,2H3. The quantitative estimate of drug-likeness (QED) is 0.545. The van der Waals surface area contributed by atoms with Gasteiger partial charge in [-0.2, -0.15) is 0 Å². The van der Waals surface area contributed by atoms with Gasteiger partial charge in [0.05, 0.1) is 7.11 Å². The molecule has 1 heterocycles.